The van der Waals surface area contributed by atoms with Gasteiger partial charge in [0.25, 0.3) is 0 Å². The first kappa shape index (κ1) is 35.1. The van der Waals surface area contributed by atoms with Crippen LogP contribution < -0.4 is 16.0 Å². The van der Waals surface area contributed by atoms with Crippen LogP contribution in [0.1, 0.15) is 56.7 Å². The van der Waals surface area contributed by atoms with E-state index in [1.807, 2.05) is 98.8 Å². The average Bonchev–Trinajstić information content (AvgIpc) is 3.36. The Hall–Kier alpha value is -3.72. The number of aliphatic hydroxyl groups is 1. The lowest BCUT2D eigenvalue weighted by Crippen LogP contribution is -2.60. The topological polar surface area (TPSA) is 111 Å². The molecule has 4 rings (SSSR count). The van der Waals surface area contributed by atoms with Gasteiger partial charge in [-0.15, -0.1) is 0 Å². The smallest absolute Gasteiger partial charge is 0.249 e. The number of carbonyl (C=O) groups excluding carboxylic acids is 3. The average molecular weight is 647 g/mol. The summed E-state index contributed by atoms with van der Waals surface area (Å²) in [5, 5.41) is 21.4. The molecule has 1 saturated heterocycles. The Labute approximate surface area is 277 Å². The molecule has 4 N–H and O–H groups in total. The molecule has 0 saturated carbocycles. The summed E-state index contributed by atoms with van der Waals surface area (Å²) >= 11 is 6.14. The highest BCUT2D eigenvalue weighted by Gasteiger charge is 2.53. The molecule has 0 spiro atoms. The highest BCUT2D eigenvalue weighted by atomic mass is 35.5. The maximum absolute atomic E-state index is 14.3. The van der Waals surface area contributed by atoms with Crippen LogP contribution in [0.3, 0.4) is 0 Å². The number of amides is 3. The third-order valence-corrected chi connectivity index (χ3v) is 9.37. The van der Waals surface area contributed by atoms with Crippen molar-refractivity contribution in [3.63, 3.8) is 0 Å². The Morgan fingerprint density at radius 1 is 0.978 bits per heavy atom. The Morgan fingerprint density at radius 3 is 2.26 bits per heavy atom. The van der Waals surface area contributed by atoms with Gasteiger partial charge in [-0.05, 0) is 60.4 Å². The number of hydrogen-bond acceptors (Lipinski definition) is 5. The number of carbonyl (C=O) groups is 3. The number of aryl methyl sites for hydroxylation is 1. The fourth-order valence-electron chi connectivity index (χ4n) is 6.38. The molecule has 3 aromatic carbocycles. The molecular formula is C37H47ClN4O4. The highest BCUT2D eigenvalue weighted by Crippen LogP contribution is 2.34. The van der Waals surface area contributed by atoms with Gasteiger partial charge in [0.2, 0.25) is 17.7 Å². The summed E-state index contributed by atoms with van der Waals surface area (Å²) in [4.78, 5) is 42.4. The van der Waals surface area contributed by atoms with Gasteiger partial charge in [0.1, 0.15) is 11.6 Å². The zero-order chi connectivity index (χ0) is 33.1. The zero-order valence-electron chi connectivity index (χ0n) is 27.0. The van der Waals surface area contributed by atoms with Crippen LogP contribution in [-0.2, 0) is 33.8 Å². The molecule has 3 aromatic rings. The summed E-state index contributed by atoms with van der Waals surface area (Å²) < 4.78 is 0. The number of rotatable bonds is 16. The van der Waals surface area contributed by atoms with Gasteiger partial charge < -0.3 is 26.0 Å². The molecule has 0 bridgehead atoms. The van der Waals surface area contributed by atoms with Crippen LogP contribution in [0, 0.1) is 5.92 Å². The first-order chi connectivity index (χ1) is 22.1. The fraction of sp³-hybridized carbons (Fsp3) is 0.432. The summed E-state index contributed by atoms with van der Waals surface area (Å²) in [6, 6.07) is 25.7. The first-order valence-corrected chi connectivity index (χ1v) is 16.6. The SMILES string of the molecule is CC[C@H](C)[C@@]1(NC(C)=O)CCN([C@@H](CCc2ccccc2)C(=O)N[C@@H](Cc2ccccc2)C(O)CNCc2cccc(Cl)c2)C1=O. The number of likely N-dealkylation sites (tertiary alicyclic amines) is 1. The Balaban J connectivity index is 1.56. The van der Waals surface area contributed by atoms with Crippen molar-refractivity contribution < 1.29 is 19.5 Å². The highest BCUT2D eigenvalue weighted by molar-refractivity contribution is 6.30. The van der Waals surface area contributed by atoms with Crippen LogP contribution in [0.4, 0.5) is 0 Å². The van der Waals surface area contributed by atoms with E-state index in [-0.39, 0.29) is 30.2 Å². The molecule has 0 radical (unpaired) electrons. The molecule has 1 aliphatic heterocycles. The van der Waals surface area contributed by atoms with Crippen LogP contribution >= 0.6 is 11.6 Å². The summed E-state index contributed by atoms with van der Waals surface area (Å²) in [5.41, 5.74) is 1.97. The van der Waals surface area contributed by atoms with Gasteiger partial charge in [0.15, 0.2) is 0 Å². The number of hydrogen-bond donors (Lipinski definition) is 4. The molecule has 1 aliphatic rings. The van der Waals surface area contributed by atoms with Crippen LogP contribution in [0.2, 0.25) is 5.02 Å². The van der Waals surface area contributed by atoms with E-state index >= 15 is 0 Å². The number of benzene rings is 3. The van der Waals surface area contributed by atoms with Crippen molar-refractivity contribution in [3.05, 3.63) is 107 Å². The van der Waals surface area contributed by atoms with E-state index < -0.39 is 23.7 Å². The monoisotopic (exact) mass is 646 g/mol. The number of halogens is 1. The molecule has 1 unspecified atom stereocenters. The van der Waals surface area contributed by atoms with Gasteiger partial charge in [0, 0.05) is 31.6 Å². The minimum Gasteiger partial charge on any atom is -0.390 e. The zero-order valence-corrected chi connectivity index (χ0v) is 27.8. The van der Waals surface area contributed by atoms with E-state index in [2.05, 4.69) is 16.0 Å². The molecule has 1 fully saturated rings. The molecular weight excluding hydrogens is 600 g/mol. The molecule has 9 heteroatoms. The van der Waals surface area contributed by atoms with E-state index in [4.69, 9.17) is 11.6 Å². The Morgan fingerprint density at radius 2 is 1.63 bits per heavy atom. The Bertz CT molecular complexity index is 1440. The van der Waals surface area contributed by atoms with E-state index in [0.717, 1.165) is 16.7 Å². The predicted octanol–water partition coefficient (Wildman–Crippen LogP) is 4.67. The van der Waals surface area contributed by atoms with E-state index in [1.165, 1.54) is 6.92 Å². The van der Waals surface area contributed by atoms with Gasteiger partial charge >= 0.3 is 0 Å². The molecule has 5 atom stereocenters. The number of aliphatic hydroxyl groups excluding tert-OH is 1. The molecule has 246 valence electrons. The van der Waals surface area contributed by atoms with Crippen LogP contribution in [0.5, 0.6) is 0 Å². The fourth-order valence-corrected chi connectivity index (χ4v) is 6.59. The predicted molar refractivity (Wildman–Crippen MR) is 182 cm³/mol. The number of nitrogens with one attached hydrogen (secondary N) is 3. The van der Waals surface area contributed by atoms with Crippen molar-refractivity contribution in [1.82, 2.24) is 20.9 Å². The quantitative estimate of drug-likeness (QED) is 0.181. The molecule has 0 aliphatic carbocycles. The van der Waals surface area contributed by atoms with E-state index in [1.54, 1.807) is 4.90 Å². The largest absolute Gasteiger partial charge is 0.390 e. The third kappa shape index (κ3) is 9.18. The molecule has 3 amide bonds. The minimum absolute atomic E-state index is 0.107. The first-order valence-electron chi connectivity index (χ1n) is 16.2. The normalized spacial score (nSPS) is 18.9. The van der Waals surface area contributed by atoms with Gasteiger partial charge in [-0.1, -0.05) is 105 Å². The second-order valence-electron chi connectivity index (χ2n) is 12.4. The molecule has 46 heavy (non-hydrogen) atoms. The molecule has 8 nitrogen and oxygen atoms in total. The van der Waals surface area contributed by atoms with Gasteiger partial charge in [-0.2, -0.15) is 0 Å². The van der Waals surface area contributed by atoms with Crippen molar-refractivity contribution in [2.45, 2.75) is 83.1 Å². The maximum Gasteiger partial charge on any atom is 0.249 e. The lowest BCUT2D eigenvalue weighted by atomic mass is 9.81. The lowest BCUT2D eigenvalue weighted by Gasteiger charge is -2.36. The summed E-state index contributed by atoms with van der Waals surface area (Å²) in [6.45, 7) is 6.49. The van der Waals surface area contributed by atoms with Crippen LogP contribution in [-0.4, -0.2) is 64.5 Å². The van der Waals surface area contributed by atoms with Crippen LogP contribution in [0.25, 0.3) is 0 Å². The lowest BCUT2D eigenvalue weighted by molar-refractivity contribution is -0.144. The molecule has 0 aromatic heterocycles. The second kappa shape index (κ2) is 16.7. The number of nitrogens with zero attached hydrogens (tertiary/aromatic N) is 1. The molecule has 1 heterocycles. The Kier molecular flexibility index (Phi) is 12.8. The van der Waals surface area contributed by atoms with Crippen molar-refractivity contribution in [1.29, 1.82) is 0 Å². The third-order valence-electron chi connectivity index (χ3n) is 9.13. The second-order valence-corrected chi connectivity index (χ2v) is 12.8. The minimum atomic E-state index is -1.06. The summed E-state index contributed by atoms with van der Waals surface area (Å²) in [7, 11) is 0. The van der Waals surface area contributed by atoms with E-state index in [9.17, 15) is 19.5 Å². The van der Waals surface area contributed by atoms with Gasteiger partial charge in [-0.3, -0.25) is 14.4 Å². The van der Waals surface area contributed by atoms with Gasteiger partial charge in [-0.25, -0.2) is 0 Å². The van der Waals surface area contributed by atoms with Crippen LogP contribution in [0.15, 0.2) is 84.9 Å². The van der Waals surface area contributed by atoms with Crippen molar-refractivity contribution in [2.24, 2.45) is 5.92 Å². The summed E-state index contributed by atoms with van der Waals surface area (Å²) in [5.74, 6) is -0.919. The summed E-state index contributed by atoms with van der Waals surface area (Å²) in [6.07, 6.45) is 1.62. The van der Waals surface area contributed by atoms with Crippen molar-refractivity contribution in [2.75, 3.05) is 13.1 Å². The standard InChI is InChI=1S/C37H47ClN4O4/c1-4-26(2)37(41-27(3)43)20-21-42(36(37)46)33(19-18-28-12-7-5-8-13-28)35(45)40-32(23-29-14-9-6-10-15-29)34(44)25-39-24-30-16-11-17-31(38)22-30/h5-17,22,26,32-34,39,44H,4,18-21,23-25H2,1-3H3,(H,40,45)(H,41,43)/t26-,32-,33-,34?,37-/m0/s1. The van der Waals surface area contributed by atoms with Crippen molar-refractivity contribution >= 4 is 29.3 Å². The van der Waals surface area contributed by atoms with Crippen molar-refractivity contribution in [3.8, 4) is 0 Å². The van der Waals surface area contributed by atoms with E-state index in [0.29, 0.717) is 50.2 Å². The van der Waals surface area contributed by atoms with Gasteiger partial charge in [0.05, 0.1) is 12.1 Å². The maximum atomic E-state index is 14.3.